The third-order valence-corrected chi connectivity index (χ3v) is 3.68. The second kappa shape index (κ2) is 5.26. The van der Waals surface area contributed by atoms with Gasteiger partial charge in [-0.2, -0.15) is 15.5 Å². The maximum absolute atomic E-state index is 9.58. The predicted octanol–water partition coefficient (Wildman–Crippen LogP) is 2.38. The number of hydrogen-bond donors (Lipinski definition) is 0. The Hall–Kier alpha value is -1.47. The molecule has 1 aliphatic rings. The third-order valence-electron chi connectivity index (χ3n) is 3.68. The largest absolute Gasteiger partial charge is 0.303 e. The van der Waals surface area contributed by atoms with Crippen LogP contribution < -0.4 is 0 Å². The third kappa shape index (κ3) is 3.30. The van der Waals surface area contributed by atoms with Crippen LogP contribution in [0, 0.1) is 16.7 Å². The molecule has 102 valence electrons. The Balaban J connectivity index is 2.07. The number of likely N-dealkylation sites (tertiary alicyclic amines) is 1. The van der Waals surface area contributed by atoms with Gasteiger partial charge in [0.1, 0.15) is 5.41 Å². The molecule has 19 heavy (non-hydrogen) atoms. The molecule has 1 aromatic rings. The van der Waals surface area contributed by atoms with Crippen molar-refractivity contribution in [2.75, 3.05) is 19.6 Å². The molecule has 4 nitrogen and oxygen atoms in total. The first-order chi connectivity index (χ1) is 8.95. The molecule has 0 radical (unpaired) electrons. The van der Waals surface area contributed by atoms with Crippen LogP contribution in [0.15, 0.2) is 18.3 Å². The van der Waals surface area contributed by atoms with Gasteiger partial charge in [0.25, 0.3) is 0 Å². The average molecular weight is 258 g/mol. The van der Waals surface area contributed by atoms with Crippen molar-refractivity contribution in [1.29, 1.82) is 5.26 Å². The highest BCUT2D eigenvalue weighted by Crippen LogP contribution is 2.34. The highest BCUT2D eigenvalue weighted by Gasteiger charge is 2.38. The van der Waals surface area contributed by atoms with Crippen LogP contribution in [0.5, 0.6) is 0 Å². The molecular weight excluding hydrogens is 236 g/mol. The number of nitrogens with zero attached hydrogens (tertiary/aromatic N) is 4. The molecule has 2 rings (SSSR count). The van der Waals surface area contributed by atoms with Crippen molar-refractivity contribution >= 4 is 0 Å². The summed E-state index contributed by atoms with van der Waals surface area (Å²) in [6, 6.07) is 6.28. The van der Waals surface area contributed by atoms with Gasteiger partial charge in [-0.15, -0.1) is 0 Å². The summed E-state index contributed by atoms with van der Waals surface area (Å²) in [7, 11) is 0. The number of rotatable bonds is 2. The molecule has 0 N–H and O–H groups in total. The van der Waals surface area contributed by atoms with Crippen molar-refractivity contribution < 1.29 is 0 Å². The van der Waals surface area contributed by atoms with Gasteiger partial charge in [-0.3, -0.25) is 0 Å². The number of hydrogen-bond acceptors (Lipinski definition) is 4. The SMILES string of the molecule is CC(C)(C)CN1CCC(C#N)(c2cccnn2)CC1. The van der Waals surface area contributed by atoms with Gasteiger partial charge in [-0.05, 0) is 30.4 Å². The van der Waals surface area contributed by atoms with Crippen LogP contribution in [0.4, 0.5) is 0 Å². The molecule has 4 heteroatoms. The van der Waals surface area contributed by atoms with Crippen molar-refractivity contribution in [3.8, 4) is 6.07 Å². The minimum Gasteiger partial charge on any atom is -0.303 e. The molecule has 0 atom stereocenters. The van der Waals surface area contributed by atoms with Gasteiger partial charge in [-0.1, -0.05) is 20.8 Å². The highest BCUT2D eigenvalue weighted by atomic mass is 15.1. The van der Waals surface area contributed by atoms with E-state index in [0.29, 0.717) is 5.41 Å². The molecule has 1 aromatic heterocycles. The van der Waals surface area contributed by atoms with Gasteiger partial charge in [0, 0.05) is 25.8 Å². The number of piperidine rings is 1. The molecule has 0 bridgehead atoms. The van der Waals surface area contributed by atoms with Gasteiger partial charge < -0.3 is 4.90 Å². The molecule has 1 saturated heterocycles. The Morgan fingerprint density at radius 1 is 1.37 bits per heavy atom. The van der Waals surface area contributed by atoms with Crippen molar-refractivity contribution in [3.63, 3.8) is 0 Å². The Morgan fingerprint density at radius 2 is 2.05 bits per heavy atom. The van der Waals surface area contributed by atoms with Gasteiger partial charge in [0.15, 0.2) is 0 Å². The summed E-state index contributed by atoms with van der Waals surface area (Å²) in [6.07, 6.45) is 3.35. The first-order valence-corrected chi connectivity index (χ1v) is 6.87. The van der Waals surface area contributed by atoms with Gasteiger partial charge in [-0.25, -0.2) is 0 Å². The van der Waals surface area contributed by atoms with Crippen LogP contribution in [0.1, 0.15) is 39.3 Å². The quantitative estimate of drug-likeness (QED) is 0.817. The second-order valence-electron chi connectivity index (χ2n) is 6.64. The lowest BCUT2D eigenvalue weighted by molar-refractivity contribution is 0.136. The van der Waals surface area contributed by atoms with E-state index in [9.17, 15) is 5.26 Å². The molecule has 0 spiro atoms. The molecule has 0 aromatic carbocycles. The van der Waals surface area contributed by atoms with E-state index in [4.69, 9.17) is 0 Å². The molecule has 0 unspecified atom stereocenters. The Morgan fingerprint density at radius 3 is 2.53 bits per heavy atom. The van der Waals surface area contributed by atoms with E-state index in [2.05, 4.69) is 41.9 Å². The summed E-state index contributed by atoms with van der Waals surface area (Å²) in [6.45, 7) is 9.75. The fraction of sp³-hybridized carbons (Fsp3) is 0.667. The number of aromatic nitrogens is 2. The highest BCUT2D eigenvalue weighted by molar-refractivity contribution is 5.26. The average Bonchev–Trinajstić information content (AvgIpc) is 2.39. The molecule has 2 heterocycles. The Kier molecular flexibility index (Phi) is 3.86. The van der Waals surface area contributed by atoms with E-state index in [1.807, 2.05) is 12.1 Å². The van der Waals surface area contributed by atoms with Gasteiger partial charge >= 0.3 is 0 Å². The maximum atomic E-state index is 9.58. The lowest BCUT2D eigenvalue weighted by Gasteiger charge is -2.39. The van der Waals surface area contributed by atoms with Crippen molar-refractivity contribution in [3.05, 3.63) is 24.0 Å². The van der Waals surface area contributed by atoms with E-state index in [0.717, 1.165) is 38.2 Å². The molecule has 1 fully saturated rings. The Bertz CT molecular complexity index is 447. The molecular formula is C15H22N4. The minimum atomic E-state index is -0.442. The fourth-order valence-electron chi connectivity index (χ4n) is 2.75. The van der Waals surface area contributed by atoms with Crippen molar-refractivity contribution in [1.82, 2.24) is 15.1 Å². The topological polar surface area (TPSA) is 52.8 Å². The maximum Gasteiger partial charge on any atom is 0.104 e. The molecule has 1 aliphatic heterocycles. The summed E-state index contributed by atoms with van der Waals surface area (Å²) < 4.78 is 0. The van der Waals surface area contributed by atoms with Crippen LogP contribution in [0.2, 0.25) is 0 Å². The summed E-state index contributed by atoms with van der Waals surface area (Å²) in [5, 5.41) is 17.6. The van der Waals surface area contributed by atoms with Gasteiger partial charge in [0.2, 0.25) is 0 Å². The van der Waals surface area contributed by atoms with Crippen LogP contribution >= 0.6 is 0 Å². The summed E-state index contributed by atoms with van der Waals surface area (Å²) in [4.78, 5) is 2.45. The van der Waals surface area contributed by atoms with E-state index in [1.54, 1.807) is 6.20 Å². The standard InChI is InChI=1S/C15H22N4/c1-14(2,3)12-19-9-6-15(11-16,7-10-19)13-5-4-8-17-18-13/h4-5,8H,6-7,9-10,12H2,1-3H3. The zero-order valence-corrected chi connectivity index (χ0v) is 12.1. The number of nitriles is 1. The smallest absolute Gasteiger partial charge is 0.104 e. The van der Waals surface area contributed by atoms with E-state index in [-0.39, 0.29) is 0 Å². The molecule has 0 aliphatic carbocycles. The van der Waals surface area contributed by atoms with E-state index < -0.39 is 5.41 Å². The van der Waals surface area contributed by atoms with E-state index >= 15 is 0 Å². The van der Waals surface area contributed by atoms with Crippen molar-refractivity contribution in [2.45, 2.75) is 39.0 Å². The molecule has 0 saturated carbocycles. The van der Waals surface area contributed by atoms with Crippen LogP contribution in [-0.2, 0) is 5.41 Å². The first-order valence-electron chi connectivity index (χ1n) is 6.87. The van der Waals surface area contributed by atoms with E-state index in [1.165, 1.54) is 0 Å². The summed E-state index contributed by atoms with van der Waals surface area (Å²) >= 11 is 0. The molecule has 0 amide bonds. The van der Waals surface area contributed by atoms with Crippen LogP contribution in [0.25, 0.3) is 0 Å². The zero-order chi connectivity index (χ0) is 13.9. The van der Waals surface area contributed by atoms with Gasteiger partial charge in [0.05, 0.1) is 11.8 Å². The summed E-state index contributed by atoms with van der Waals surface area (Å²) in [5.74, 6) is 0. The lowest BCUT2D eigenvalue weighted by Crippen LogP contribution is -2.45. The van der Waals surface area contributed by atoms with Crippen LogP contribution in [0.3, 0.4) is 0 Å². The normalized spacial score (nSPS) is 19.9. The monoisotopic (exact) mass is 258 g/mol. The predicted molar refractivity (Wildman–Crippen MR) is 74.5 cm³/mol. The fourth-order valence-corrected chi connectivity index (χ4v) is 2.75. The minimum absolute atomic E-state index is 0.305. The first kappa shape index (κ1) is 14.0. The second-order valence-corrected chi connectivity index (χ2v) is 6.64. The summed E-state index contributed by atoms with van der Waals surface area (Å²) in [5.41, 5.74) is 0.690. The van der Waals surface area contributed by atoms with Crippen molar-refractivity contribution in [2.24, 2.45) is 5.41 Å². The van der Waals surface area contributed by atoms with Crippen LogP contribution in [-0.4, -0.2) is 34.7 Å². The zero-order valence-electron chi connectivity index (χ0n) is 12.1. The Labute approximate surface area is 115 Å². The lowest BCUT2D eigenvalue weighted by atomic mass is 9.76.